The Kier molecular flexibility index (Phi) is 18.3. The van der Waals surface area contributed by atoms with E-state index in [1.165, 1.54) is 21.6 Å². The van der Waals surface area contributed by atoms with Gasteiger partial charge in [-0.15, -0.1) is 15.3 Å². The maximum atomic E-state index is 8.55. The standard InChI is InChI=1S/3C10H15N6O.CH5N.H3O4P/c3*1-14(2)10(15(3)4)17-16-9-8(12-13-16)6-5-7-11-9;1-2;1-5(2,3)4/h3*5-7H,1-4H3;2H2,1H3;(H3,1,2,3,4)/q3*+1;;/p-3. The Balaban J connectivity index is 0.000000277. The van der Waals surface area contributed by atoms with Gasteiger partial charge < -0.3 is 25.0 Å². The van der Waals surface area contributed by atoms with Crippen LogP contribution in [0, 0.1) is 0 Å². The van der Waals surface area contributed by atoms with Gasteiger partial charge in [0.2, 0.25) is 16.9 Å². The van der Waals surface area contributed by atoms with Crippen molar-refractivity contribution >= 4 is 59.4 Å². The van der Waals surface area contributed by atoms with Crippen molar-refractivity contribution in [3.8, 4) is 0 Å². The molecular weight excluding hydrogens is 781 g/mol. The fourth-order valence-electron chi connectivity index (χ4n) is 4.34. The number of hydrogen-bond donors (Lipinski definition) is 1. The number of hydrogen-bond acceptors (Lipinski definition) is 17. The number of rotatable bonds is 3. The molecule has 0 saturated carbocycles. The van der Waals surface area contributed by atoms with Crippen LogP contribution in [0.1, 0.15) is 0 Å². The summed E-state index contributed by atoms with van der Waals surface area (Å²) < 4.78 is 14.1. The molecule has 0 atom stereocenters. The van der Waals surface area contributed by atoms with Crippen molar-refractivity contribution in [2.45, 2.75) is 0 Å². The van der Waals surface area contributed by atoms with Gasteiger partial charge in [0.25, 0.3) is 0 Å². The largest absolute Gasteiger partial charge is 0.822 e. The monoisotopic (exact) mass is 831 g/mol. The normalized spacial score (nSPS) is 10.2. The molecule has 6 heterocycles. The minimum atomic E-state index is -5.39. The van der Waals surface area contributed by atoms with Crippen molar-refractivity contribution < 1.29 is 47.5 Å². The molecule has 0 aliphatic rings. The molecule has 27 heteroatoms. The molecule has 2 N–H and O–H groups in total. The Morgan fingerprint density at radius 1 is 0.552 bits per heavy atom. The summed E-state index contributed by atoms with van der Waals surface area (Å²) in [5.74, 6) is 0. The van der Waals surface area contributed by atoms with Gasteiger partial charge in [0, 0.05) is 18.6 Å². The predicted molar refractivity (Wildman–Crippen MR) is 206 cm³/mol. The molecule has 0 fully saturated rings. The highest BCUT2D eigenvalue weighted by Gasteiger charge is 2.20. The highest BCUT2D eigenvalue weighted by atomic mass is 31.2. The van der Waals surface area contributed by atoms with Gasteiger partial charge in [-0.1, -0.05) is 0 Å². The van der Waals surface area contributed by atoms with Crippen molar-refractivity contribution in [1.29, 1.82) is 0 Å². The van der Waals surface area contributed by atoms with Crippen LogP contribution in [0.15, 0.2) is 55.0 Å². The van der Waals surface area contributed by atoms with Gasteiger partial charge in [-0.25, -0.2) is 43.4 Å². The summed E-state index contributed by atoms with van der Waals surface area (Å²) in [6, 6.07) is 12.9. The van der Waals surface area contributed by atoms with E-state index in [0.29, 0.717) is 51.6 Å². The summed E-state index contributed by atoms with van der Waals surface area (Å²) in [5, 5.41) is 23.6. The Morgan fingerprint density at radius 3 is 0.966 bits per heavy atom. The van der Waals surface area contributed by atoms with Crippen molar-refractivity contribution in [2.24, 2.45) is 5.73 Å². The van der Waals surface area contributed by atoms with Gasteiger partial charge in [0.05, 0.1) is 84.6 Å². The molecule has 0 bridgehead atoms. The quantitative estimate of drug-likeness (QED) is 0.0756. The average Bonchev–Trinajstić information content (AvgIpc) is 3.88. The first kappa shape index (κ1) is 47.7. The van der Waals surface area contributed by atoms with Crippen LogP contribution in [0.5, 0.6) is 0 Å². The molecule has 6 rings (SSSR count). The summed E-state index contributed by atoms with van der Waals surface area (Å²) in [4.78, 5) is 64.6. The van der Waals surface area contributed by atoms with Gasteiger partial charge >= 0.3 is 18.1 Å². The van der Waals surface area contributed by atoms with Crippen LogP contribution in [0.25, 0.3) is 33.5 Å². The van der Waals surface area contributed by atoms with E-state index in [9.17, 15) is 0 Å². The van der Waals surface area contributed by atoms with E-state index in [2.05, 4.69) is 51.6 Å². The number of nitrogens with two attached hydrogens (primary N) is 1. The molecule has 26 nitrogen and oxygen atoms in total. The number of pyridine rings is 3. The molecule has 0 aliphatic carbocycles. The average molecular weight is 832 g/mol. The summed E-state index contributed by atoms with van der Waals surface area (Å²) in [6.07, 6.45) is 5.03. The molecule has 0 radical (unpaired) electrons. The van der Waals surface area contributed by atoms with Crippen LogP contribution in [-0.4, -0.2) is 199 Å². The number of fused-ring (bicyclic) bond motifs is 3. The Morgan fingerprint density at radius 2 is 0.776 bits per heavy atom. The van der Waals surface area contributed by atoms with Crippen LogP contribution in [0.4, 0.5) is 0 Å². The molecule has 0 unspecified atom stereocenters. The molecule has 58 heavy (non-hydrogen) atoms. The number of aromatic nitrogens is 12. The van der Waals surface area contributed by atoms with E-state index < -0.39 is 7.82 Å². The van der Waals surface area contributed by atoms with E-state index in [1.807, 2.05) is 149 Å². The van der Waals surface area contributed by atoms with E-state index in [-0.39, 0.29) is 0 Å². The van der Waals surface area contributed by atoms with Gasteiger partial charge in [-0.3, -0.25) is 14.5 Å². The minimum Gasteiger partial charge on any atom is -0.822 e. The molecule has 316 valence electrons. The van der Waals surface area contributed by atoms with Crippen molar-refractivity contribution in [2.75, 3.05) is 91.6 Å². The molecule has 6 aromatic heterocycles. The molecule has 0 amide bonds. The summed E-state index contributed by atoms with van der Waals surface area (Å²) in [7, 11) is 18.8. The lowest BCUT2D eigenvalue weighted by molar-refractivity contribution is -0.480. The first-order valence-electron chi connectivity index (χ1n) is 16.8. The fraction of sp³-hybridized carbons (Fsp3) is 0.419. The molecule has 0 saturated heterocycles. The Labute approximate surface area is 334 Å². The zero-order valence-electron chi connectivity index (χ0n) is 34.6. The summed E-state index contributed by atoms with van der Waals surface area (Å²) >= 11 is 0. The van der Waals surface area contributed by atoms with Gasteiger partial charge in [0.15, 0.2) is 0 Å². The topological polar surface area (TPSA) is 290 Å². The second-order valence-corrected chi connectivity index (χ2v) is 13.3. The van der Waals surface area contributed by atoms with Crippen LogP contribution in [0.2, 0.25) is 0 Å². The number of amidine groups is 3. The fourth-order valence-corrected chi connectivity index (χ4v) is 4.34. The SMILES string of the molecule is CN.CN(C)C(On1nnc2cccnc21)=[N+](C)C.CN(C)C(On1nnc2cccnc21)=[N+](C)C.CN(C)C(On1nnc2cccnc21)=[N+](C)C.O=P([O-])([O-])[O-]. The smallest absolute Gasteiger partial charge is 0.472 e. The van der Waals surface area contributed by atoms with Crippen molar-refractivity contribution in [1.82, 2.24) is 75.1 Å². The molecular formula is C31H50N19O7P. The molecule has 0 aromatic carbocycles. The first-order valence-corrected chi connectivity index (χ1v) is 18.2. The maximum absolute atomic E-state index is 8.55. The van der Waals surface area contributed by atoms with Gasteiger partial charge in [-0.05, 0) is 73.6 Å². The predicted octanol–water partition coefficient (Wildman–Crippen LogP) is -4.92. The van der Waals surface area contributed by atoms with Crippen LogP contribution in [-0.2, 0) is 4.57 Å². The third-order valence-electron chi connectivity index (χ3n) is 6.34. The lowest BCUT2D eigenvalue weighted by Crippen LogP contribution is -2.39. The minimum absolute atomic E-state index is 0.591. The molecule has 0 spiro atoms. The van der Waals surface area contributed by atoms with Crippen LogP contribution < -0.4 is 34.9 Å². The zero-order chi connectivity index (χ0) is 43.7. The third-order valence-corrected chi connectivity index (χ3v) is 6.34. The highest BCUT2D eigenvalue weighted by molar-refractivity contribution is 7.40. The van der Waals surface area contributed by atoms with Crippen molar-refractivity contribution in [3.63, 3.8) is 0 Å². The van der Waals surface area contributed by atoms with E-state index in [4.69, 9.17) is 33.8 Å². The first-order chi connectivity index (χ1) is 27.3. The zero-order valence-corrected chi connectivity index (χ0v) is 35.5. The van der Waals surface area contributed by atoms with Gasteiger partial charge in [-0.2, -0.15) is 7.82 Å². The van der Waals surface area contributed by atoms with E-state index in [1.54, 1.807) is 18.6 Å². The summed E-state index contributed by atoms with van der Waals surface area (Å²) in [5.41, 5.74) is 8.37. The highest BCUT2D eigenvalue weighted by Crippen LogP contribution is 2.07. The second kappa shape index (κ2) is 22.3. The summed E-state index contributed by atoms with van der Waals surface area (Å²) in [6.45, 7) is 0. The third kappa shape index (κ3) is 14.6. The van der Waals surface area contributed by atoms with E-state index in [0.717, 1.165) is 0 Å². The molecule has 0 aliphatic heterocycles. The van der Waals surface area contributed by atoms with Crippen molar-refractivity contribution in [3.05, 3.63) is 55.0 Å². The van der Waals surface area contributed by atoms with Crippen LogP contribution in [0.3, 0.4) is 0 Å². The van der Waals surface area contributed by atoms with E-state index >= 15 is 0 Å². The van der Waals surface area contributed by atoms with Gasteiger partial charge in [0.1, 0.15) is 16.6 Å². The lowest BCUT2D eigenvalue weighted by Gasteiger charge is -2.36. The second-order valence-electron chi connectivity index (χ2n) is 12.4. The number of nitrogens with zero attached hydrogens (tertiary/aromatic N) is 18. The number of phosphoric acid groups is 1. The van der Waals surface area contributed by atoms with Crippen LogP contribution >= 0.6 is 7.82 Å². The lowest BCUT2D eigenvalue weighted by atomic mass is 10.4. The maximum Gasteiger partial charge on any atom is 0.472 e. The molecule has 6 aromatic rings. The Hall–Kier alpha value is -6.47. The Bertz CT molecular complexity index is 2080.